The maximum Gasteiger partial charge on any atom is 0.157 e. The minimum Gasteiger partial charge on any atom is -0.327 e. The van der Waals surface area contributed by atoms with Crippen LogP contribution in [-0.2, 0) is 17.3 Å². The number of aromatic nitrogens is 4. The number of imidazole rings is 1. The lowest BCUT2D eigenvalue weighted by molar-refractivity contribution is 0.587. The van der Waals surface area contributed by atoms with Crippen LogP contribution in [0.5, 0.6) is 0 Å². The summed E-state index contributed by atoms with van der Waals surface area (Å²) >= 11 is 0. The van der Waals surface area contributed by atoms with Crippen molar-refractivity contribution in [2.45, 2.75) is 90.4 Å². The first-order chi connectivity index (χ1) is 13.6. The molecule has 0 saturated heterocycles. The molecule has 1 saturated carbocycles. The van der Waals surface area contributed by atoms with Crippen LogP contribution in [0, 0.1) is 0 Å². The fraction of sp³-hybridized carbons (Fsp3) is 0.560. The fourth-order valence-electron chi connectivity index (χ4n) is 4.14. The molecule has 3 aromatic heterocycles. The SMILES string of the molecule is CCCc1nc2c(C(C)(C)C)cc(C3CC3c3cc(C(C)(C)C)ccn3)nc2[nH]1. The Balaban J connectivity index is 1.70. The van der Waals surface area contributed by atoms with Gasteiger partial charge in [0.25, 0.3) is 0 Å². The maximum atomic E-state index is 5.02. The third-order valence-electron chi connectivity index (χ3n) is 6.01. The Morgan fingerprint density at radius 1 is 0.966 bits per heavy atom. The summed E-state index contributed by atoms with van der Waals surface area (Å²) in [7, 11) is 0. The molecule has 2 unspecified atom stereocenters. The van der Waals surface area contributed by atoms with E-state index < -0.39 is 0 Å². The van der Waals surface area contributed by atoms with Gasteiger partial charge in [-0.15, -0.1) is 0 Å². The first-order valence-corrected chi connectivity index (χ1v) is 10.9. The molecule has 0 radical (unpaired) electrons. The second-order valence-corrected chi connectivity index (χ2v) is 10.6. The maximum absolute atomic E-state index is 5.02. The number of fused-ring (bicyclic) bond motifs is 1. The van der Waals surface area contributed by atoms with Crippen LogP contribution in [0.1, 0.15) is 101 Å². The van der Waals surface area contributed by atoms with Crippen molar-refractivity contribution in [2.75, 3.05) is 0 Å². The molecule has 1 aliphatic rings. The van der Waals surface area contributed by atoms with E-state index in [1.807, 2.05) is 6.20 Å². The molecule has 29 heavy (non-hydrogen) atoms. The molecular formula is C25H34N4. The van der Waals surface area contributed by atoms with Crippen LogP contribution in [-0.4, -0.2) is 19.9 Å². The number of nitrogens with zero attached hydrogens (tertiary/aromatic N) is 3. The lowest BCUT2D eigenvalue weighted by Crippen LogP contribution is -2.13. The van der Waals surface area contributed by atoms with E-state index in [0.29, 0.717) is 11.8 Å². The molecule has 0 aromatic carbocycles. The highest BCUT2D eigenvalue weighted by atomic mass is 15.0. The van der Waals surface area contributed by atoms with Crippen molar-refractivity contribution >= 4 is 11.2 Å². The summed E-state index contributed by atoms with van der Waals surface area (Å²) in [5.74, 6) is 1.96. The Bertz CT molecular complexity index is 1030. The smallest absolute Gasteiger partial charge is 0.157 e. The number of aryl methyl sites for hydroxylation is 1. The quantitative estimate of drug-likeness (QED) is 0.579. The monoisotopic (exact) mass is 390 g/mol. The zero-order chi connectivity index (χ0) is 21.0. The van der Waals surface area contributed by atoms with Gasteiger partial charge in [0.1, 0.15) is 11.3 Å². The van der Waals surface area contributed by atoms with Crippen LogP contribution in [0.2, 0.25) is 0 Å². The van der Waals surface area contributed by atoms with Crippen molar-refractivity contribution in [1.29, 1.82) is 0 Å². The van der Waals surface area contributed by atoms with Gasteiger partial charge in [-0.1, -0.05) is 48.5 Å². The number of pyridine rings is 2. The molecule has 4 heteroatoms. The van der Waals surface area contributed by atoms with Gasteiger partial charge in [0, 0.05) is 35.8 Å². The van der Waals surface area contributed by atoms with Crippen molar-refractivity contribution in [3.05, 3.63) is 52.7 Å². The third kappa shape index (κ3) is 3.94. The summed E-state index contributed by atoms with van der Waals surface area (Å²) in [6.45, 7) is 15.7. The molecule has 4 nitrogen and oxygen atoms in total. The van der Waals surface area contributed by atoms with Gasteiger partial charge in [-0.2, -0.15) is 0 Å². The van der Waals surface area contributed by atoms with Crippen LogP contribution in [0.15, 0.2) is 24.4 Å². The number of nitrogens with one attached hydrogen (secondary N) is 1. The highest BCUT2D eigenvalue weighted by molar-refractivity contribution is 5.77. The lowest BCUT2D eigenvalue weighted by Gasteiger charge is -2.20. The van der Waals surface area contributed by atoms with Crippen molar-refractivity contribution in [3.63, 3.8) is 0 Å². The Hall–Kier alpha value is -2.23. The lowest BCUT2D eigenvalue weighted by atomic mass is 9.86. The Morgan fingerprint density at radius 3 is 2.34 bits per heavy atom. The average Bonchev–Trinajstić information content (AvgIpc) is 3.33. The molecule has 154 valence electrons. The Morgan fingerprint density at radius 2 is 1.69 bits per heavy atom. The normalized spacial score (nSPS) is 19.7. The number of hydrogen-bond acceptors (Lipinski definition) is 3. The van der Waals surface area contributed by atoms with Gasteiger partial charge in [-0.05, 0) is 53.0 Å². The predicted octanol–water partition coefficient (Wildman–Crippen LogP) is 6.17. The standard InChI is InChI=1S/C25H34N4/c1-8-9-21-28-22-18(25(5,6)7)14-20(27-23(22)29-21)17-13-16(17)19-12-15(10-11-26-19)24(2,3)4/h10-12,14,16-17H,8-9,13H2,1-7H3,(H,27,28,29). The van der Waals surface area contributed by atoms with Crippen LogP contribution < -0.4 is 0 Å². The van der Waals surface area contributed by atoms with Crippen LogP contribution in [0.4, 0.5) is 0 Å². The highest BCUT2D eigenvalue weighted by Crippen LogP contribution is 2.54. The molecule has 0 spiro atoms. The summed E-state index contributed by atoms with van der Waals surface area (Å²) in [5.41, 5.74) is 7.18. The molecule has 2 atom stereocenters. The van der Waals surface area contributed by atoms with E-state index in [2.05, 4.69) is 71.6 Å². The fourth-order valence-corrected chi connectivity index (χ4v) is 4.14. The molecule has 0 bridgehead atoms. The van der Waals surface area contributed by atoms with E-state index in [4.69, 9.17) is 15.0 Å². The number of rotatable bonds is 4. The van der Waals surface area contributed by atoms with Gasteiger partial charge in [-0.3, -0.25) is 4.98 Å². The summed E-state index contributed by atoms with van der Waals surface area (Å²) < 4.78 is 0. The van der Waals surface area contributed by atoms with E-state index in [9.17, 15) is 0 Å². The minimum absolute atomic E-state index is 0.0312. The molecule has 1 aliphatic carbocycles. The number of aromatic amines is 1. The molecule has 1 fully saturated rings. The Labute approximate surface area is 174 Å². The average molecular weight is 391 g/mol. The molecule has 4 rings (SSSR count). The largest absolute Gasteiger partial charge is 0.327 e. The zero-order valence-electron chi connectivity index (χ0n) is 18.9. The highest BCUT2D eigenvalue weighted by Gasteiger charge is 2.42. The summed E-state index contributed by atoms with van der Waals surface area (Å²) in [5, 5.41) is 0. The van der Waals surface area contributed by atoms with Gasteiger partial charge >= 0.3 is 0 Å². The second kappa shape index (κ2) is 6.93. The summed E-state index contributed by atoms with van der Waals surface area (Å²) in [4.78, 5) is 18.1. The van der Waals surface area contributed by atoms with Gasteiger partial charge in [0.2, 0.25) is 0 Å². The predicted molar refractivity (Wildman–Crippen MR) is 120 cm³/mol. The van der Waals surface area contributed by atoms with E-state index in [0.717, 1.165) is 36.3 Å². The van der Waals surface area contributed by atoms with Crippen molar-refractivity contribution in [2.24, 2.45) is 0 Å². The molecule has 3 heterocycles. The van der Waals surface area contributed by atoms with Crippen molar-refractivity contribution in [1.82, 2.24) is 19.9 Å². The topological polar surface area (TPSA) is 54.5 Å². The summed E-state index contributed by atoms with van der Waals surface area (Å²) in [6.07, 6.45) is 5.13. The van der Waals surface area contributed by atoms with E-state index >= 15 is 0 Å². The molecule has 3 aromatic rings. The summed E-state index contributed by atoms with van der Waals surface area (Å²) in [6, 6.07) is 6.74. The number of H-pyrrole nitrogens is 1. The first kappa shape index (κ1) is 20.1. The second-order valence-electron chi connectivity index (χ2n) is 10.6. The van der Waals surface area contributed by atoms with E-state index in [1.54, 1.807) is 0 Å². The van der Waals surface area contributed by atoms with Crippen LogP contribution >= 0.6 is 0 Å². The van der Waals surface area contributed by atoms with Gasteiger partial charge in [-0.25, -0.2) is 9.97 Å². The van der Waals surface area contributed by atoms with E-state index in [-0.39, 0.29) is 10.8 Å². The third-order valence-corrected chi connectivity index (χ3v) is 6.01. The molecule has 0 aliphatic heterocycles. The number of hydrogen-bond donors (Lipinski definition) is 1. The Kier molecular flexibility index (Phi) is 4.79. The van der Waals surface area contributed by atoms with Crippen LogP contribution in [0.25, 0.3) is 11.2 Å². The van der Waals surface area contributed by atoms with Gasteiger partial charge < -0.3 is 4.98 Å². The van der Waals surface area contributed by atoms with Gasteiger partial charge in [0.05, 0.1) is 0 Å². The molecule has 0 amide bonds. The van der Waals surface area contributed by atoms with Gasteiger partial charge in [0.15, 0.2) is 5.65 Å². The van der Waals surface area contributed by atoms with Crippen molar-refractivity contribution < 1.29 is 0 Å². The zero-order valence-corrected chi connectivity index (χ0v) is 18.9. The minimum atomic E-state index is 0.0312. The molecular weight excluding hydrogens is 356 g/mol. The van der Waals surface area contributed by atoms with Crippen LogP contribution in [0.3, 0.4) is 0 Å². The van der Waals surface area contributed by atoms with Crippen molar-refractivity contribution in [3.8, 4) is 0 Å². The van der Waals surface area contributed by atoms with E-state index in [1.165, 1.54) is 22.5 Å². The first-order valence-electron chi connectivity index (χ1n) is 10.9. The molecule has 1 N–H and O–H groups in total.